The summed E-state index contributed by atoms with van der Waals surface area (Å²) in [5.41, 5.74) is 3.66. The number of nitrogens with one attached hydrogen (secondary N) is 1. The summed E-state index contributed by atoms with van der Waals surface area (Å²) in [4.78, 5) is 28.9. The third-order valence-corrected chi connectivity index (χ3v) is 4.13. The Hall–Kier alpha value is -3.22. The van der Waals surface area contributed by atoms with Gasteiger partial charge in [-0.2, -0.15) is 5.10 Å². The third-order valence-electron chi connectivity index (χ3n) is 4.13. The summed E-state index contributed by atoms with van der Waals surface area (Å²) >= 11 is 0. The number of rotatable bonds is 6. The highest BCUT2D eigenvalue weighted by molar-refractivity contribution is 6.08. The summed E-state index contributed by atoms with van der Waals surface area (Å²) in [5.74, 6) is -0.667. The lowest BCUT2D eigenvalue weighted by Crippen LogP contribution is -2.13. The molecule has 0 spiro atoms. The van der Waals surface area contributed by atoms with Gasteiger partial charge < -0.3 is 10.1 Å². The van der Waals surface area contributed by atoms with E-state index in [1.807, 2.05) is 26.8 Å². The van der Waals surface area contributed by atoms with Crippen molar-refractivity contribution < 1.29 is 14.3 Å². The van der Waals surface area contributed by atoms with E-state index >= 15 is 0 Å². The number of carbonyl (C=O) groups is 2. The van der Waals surface area contributed by atoms with Crippen molar-refractivity contribution in [3.63, 3.8) is 0 Å². The average Bonchev–Trinajstić information content (AvgIpc) is 3.06. The van der Waals surface area contributed by atoms with Gasteiger partial charge in [-0.3, -0.25) is 4.79 Å². The highest BCUT2D eigenvalue weighted by Gasteiger charge is 2.16. The van der Waals surface area contributed by atoms with E-state index in [1.54, 1.807) is 28.8 Å². The molecule has 1 N–H and O–H groups in total. The fourth-order valence-corrected chi connectivity index (χ4v) is 2.71. The van der Waals surface area contributed by atoms with Gasteiger partial charge >= 0.3 is 5.97 Å². The Kier molecular flexibility index (Phi) is 5.49. The zero-order valence-electron chi connectivity index (χ0n) is 15.7. The molecule has 3 rings (SSSR count). The molecular weight excluding hydrogens is 344 g/mol. The summed E-state index contributed by atoms with van der Waals surface area (Å²) in [5, 5.41) is 7.04. The minimum atomic E-state index is -0.362. The van der Waals surface area contributed by atoms with Gasteiger partial charge in [0, 0.05) is 17.1 Å². The Morgan fingerprint density at radius 3 is 2.63 bits per heavy atom. The van der Waals surface area contributed by atoms with Crippen molar-refractivity contribution in [1.82, 2.24) is 14.6 Å². The summed E-state index contributed by atoms with van der Waals surface area (Å²) in [6.45, 7) is 6.23. The van der Waals surface area contributed by atoms with Gasteiger partial charge in [-0.05, 0) is 50.6 Å². The van der Waals surface area contributed by atoms with E-state index < -0.39 is 0 Å². The van der Waals surface area contributed by atoms with Crippen LogP contribution in [0.4, 0.5) is 5.69 Å². The van der Waals surface area contributed by atoms with Gasteiger partial charge in [-0.1, -0.05) is 13.3 Å². The highest BCUT2D eigenvalue weighted by Crippen LogP contribution is 2.16. The predicted octanol–water partition coefficient (Wildman–Crippen LogP) is 3.56. The number of aromatic nitrogens is 3. The molecule has 0 saturated heterocycles. The fourth-order valence-electron chi connectivity index (χ4n) is 2.71. The molecule has 3 aromatic rings. The summed E-state index contributed by atoms with van der Waals surface area (Å²) in [7, 11) is 0. The molecule has 0 unspecified atom stereocenters. The Labute approximate surface area is 157 Å². The number of anilines is 1. The van der Waals surface area contributed by atoms with Crippen molar-refractivity contribution in [3.05, 3.63) is 59.0 Å². The lowest BCUT2D eigenvalue weighted by molar-refractivity contribution is 0.0499. The number of aryl methyl sites for hydroxylation is 2. The minimum absolute atomic E-state index is 0.305. The molecule has 0 aliphatic rings. The van der Waals surface area contributed by atoms with E-state index in [9.17, 15) is 9.59 Å². The Morgan fingerprint density at radius 1 is 1.19 bits per heavy atom. The highest BCUT2D eigenvalue weighted by atomic mass is 16.5. The number of unbranched alkanes of at least 4 members (excludes halogenated alkanes) is 1. The first-order valence-corrected chi connectivity index (χ1v) is 8.90. The number of fused-ring (bicyclic) bond motifs is 1. The molecule has 0 aliphatic heterocycles. The number of nitrogens with zero attached hydrogens (tertiary/aromatic N) is 3. The van der Waals surface area contributed by atoms with Crippen LogP contribution in [-0.2, 0) is 4.74 Å². The SMILES string of the molecule is CCCCOC(=O)c1ccc(NC(=O)c2cnn3c(C)cc(C)nc23)cc1. The van der Waals surface area contributed by atoms with Crippen LogP contribution in [0.2, 0.25) is 0 Å². The van der Waals surface area contributed by atoms with Crippen LogP contribution in [0.15, 0.2) is 36.5 Å². The Bertz CT molecular complexity index is 977. The molecule has 7 heteroatoms. The molecule has 2 aromatic heterocycles. The Morgan fingerprint density at radius 2 is 1.93 bits per heavy atom. The predicted molar refractivity (Wildman–Crippen MR) is 102 cm³/mol. The number of esters is 1. The van der Waals surface area contributed by atoms with Crippen molar-refractivity contribution >= 4 is 23.2 Å². The number of amides is 1. The van der Waals surface area contributed by atoms with Gasteiger partial charge in [0.25, 0.3) is 5.91 Å². The zero-order valence-corrected chi connectivity index (χ0v) is 15.7. The second-order valence-corrected chi connectivity index (χ2v) is 6.35. The van der Waals surface area contributed by atoms with E-state index in [0.29, 0.717) is 29.1 Å². The number of hydrogen-bond acceptors (Lipinski definition) is 5. The van der Waals surface area contributed by atoms with Gasteiger partial charge in [-0.15, -0.1) is 0 Å². The molecule has 0 bridgehead atoms. The molecule has 0 aliphatic carbocycles. The maximum atomic E-state index is 12.6. The Balaban J connectivity index is 1.72. The van der Waals surface area contributed by atoms with Crippen LogP contribution < -0.4 is 5.32 Å². The van der Waals surface area contributed by atoms with Crippen LogP contribution in [-0.4, -0.2) is 33.1 Å². The van der Waals surface area contributed by atoms with E-state index in [2.05, 4.69) is 15.4 Å². The summed E-state index contributed by atoms with van der Waals surface area (Å²) in [6, 6.07) is 8.51. The van der Waals surface area contributed by atoms with Gasteiger partial charge in [0.2, 0.25) is 0 Å². The van der Waals surface area contributed by atoms with E-state index in [1.165, 1.54) is 6.20 Å². The van der Waals surface area contributed by atoms with Crippen LogP contribution in [0.1, 0.15) is 51.9 Å². The lowest BCUT2D eigenvalue weighted by atomic mass is 10.2. The molecule has 1 amide bonds. The normalized spacial score (nSPS) is 10.8. The quantitative estimate of drug-likeness (QED) is 0.532. The largest absolute Gasteiger partial charge is 0.462 e. The third kappa shape index (κ3) is 4.13. The van der Waals surface area contributed by atoms with Gasteiger partial charge in [0.05, 0.1) is 18.4 Å². The van der Waals surface area contributed by atoms with Gasteiger partial charge in [-0.25, -0.2) is 14.3 Å². The molecule has 0 radical (unpaired) electrons. The average molecular weight is 366 g/mol. The lowest BCUT2D eigenvalue weighted by Gasteiger charge is -2.07. The first-order chi connectivity index (χ1) is 13.0. The van der Waals surface area contributed by atoms with Crippen LogP contribution in [0.25, 0.3) is 5.65 Å². The number of carbonyl (C=O) groups excluding carboxylic acids is 2. The molecule has 140 valence electrons. The van der Waals surface area contributed by atoms with Crippen molar-refractivity contribution in [3.8, 4) is 0 Å². The molecule has 0 saturated carbocycles. The summed E-state index contributed by atoms with van der Waals surface area (Å²) < 4.78 is 6.81. The van der Waals surface area contributed by atoms with E-state index in [0.717, 1.165) is 24.2 Å². The van der Waals surface area contributed by atoms with Crippen molar-refractivity contribution in [1.29, 1.82) is 0 Å². The van der Waals surface area contributed by atoms with Crippen molar-refractivity contribution in [2.75, 3.05) is 11.9 Å². The zero-order chi connectivity index (χ0) is 19.4. The molecule has 0 atom stereocenters. The molecule has 27 heavy (non-hydrogen) atoms. The minimum Gasteiger partial charge on any atom is -0.462 e. The van der Waals surface area contributed by atoms with Crippen molar-refractivity contribution in [2.24, 2.45) is 0 Å². The molecule has 1 aromatic carbocycles. The maximum Gasteiger partial charge on any atom is 0.338 e. The van der Waals surface area contributed by atoms with Gasteiger partial charge in [0.1, 0.15) is 5.56 Å². The number of ether oxygens (including phenoxy) is 1. The van der Waals surface area contributed by atoms with Crippen LogP contribution >= 0.6 is 0 Å². The fraction of sp³-hybridized carbons (Fsp3) is 0.300. The summed E-state index contributed by atoms with van der Waals surface area (Å²) in [6.07, 6.45) is 3.31. The van der Waals surface area contributed by atoms with E-state index in [-0.39, 0.29) is 11.9 Å². The van der Waals surface area contributed by atoms with Crippen LogP contribution in [0.5, 0.6) is 0 Å². The number of hydrogen-bond donors (Lipinski definition) is 1. The number of benzene rings is 1. The standard InChI is InChI=1S/C20H22N4O3/c1-4-5-10-27-20(26)15-6-8-16(9-7-15)23-19(25)17-12-21-24-14(3)11-13(2)22-18(17)24/h6-9,11-12H,4-5,10H2,1-3H3,(H,23,25). The maximum absolute atomic E-state index is 12.6. The van der Waals surface area contributed by atoms with Gasteiger partial charge in [0.15, 0.2) is 5.65 Å². The monoisotopic (exact) mass is 366 g/mol. The smallest absolute Gasteiger partial charge is 0.338 e. The van der Waals surface area contributed by atoms with Crippen molar-refractivity contribution in [2.45, 2.75) is 33.6 Å². The molecule has 2 heterocycles. The van der Waals surface area contributed by atoms with E-state index in [4.69, 9.17) is 4.74 Å². The topological polar surface area (TPSA) is 85.6 Å². The molecule has 0 fully saturated rings. The van der Waals surface area contributed by atoms with Crippen LogP contribution in [0, 0.1) is 13.8 Å². The second-order valence-electron chi connectivity index (χ2n) is 6.35. The molecule has 7 nitrogen and oxygen atoms in total. The molecular formula is C20H22N4O3. The second kappa shape index (κ2) is 7.99. The first kappa shape index (κ1) is 18.6. The first-order valence-electron chi connectivity index (χ1n) is 8.90. The van der Waals surface area contributed by atoms with Crippen LogP contribution in [0.3, 0.4) is 0 Å².